The van der Waals surface area contributed by atoms with E-state index in [1.165, 1.54) is 7.11 Å². The van der Waals surface area contributed by atoms with Gasteiger partial charge in [0.05, 0.1) is 7.11 Å². The molecule has 0 aromatic heterocycles. The highest BCUT2D eigenvalue weighted by atomic mass is 19.4. The van der Waals surface area contributed by atoms with Crippen LogP contribution in [0.15, 0.2) is 24.3 Å². The van der Waals surface area contributed by atoms with E-state index in [-0.39, 0.29) is 13.1 Å². The third-order valence-electron chi connectivity index (χ3n) is 4.34. The van der Waals surface area contributed by atoms with Crippen molar-refractivity contribution >= 4 is 5.97 Å². The highest BCUT2D eigenvalue weighted by molar-refractivity contribution is 5.76. The van der Waals surface area contributed by atoms with Crippen LogP contribution in [0.2, 0.25) is 0 Å². The molecule has 1 unspecified atom stereocenters. The van der Waals surface area contributed by atoms with Crippen molar-refractivity contribution in [3.8, 4) is 0 Å². The smallest absolute Gasteiger partial charge is 0.430 e. The molecule has 1 atom stereocenters. The summed E-state index contributed by atoms with van der Waals surface area (Å²) in [5.74, 6) is -0.463. The fourth-order valence-electron chi connectivity index (χ4n) is 2.85. The molecule has 1 aromatic rings. The Hall–Kier alpha value is -1.85. The Labute approximate surface area is 150 Å². The molecule has 1 aliphatic heterocycles. The maximum Gasteiger partial charge on any atom is 0.430 e. The molecule has 0 amide bonds. The van der Waals surface area contributed by atoms with Crippen LogP contribution in [-0.2, 0) is 21.7 Å². The van der Waals surface area contributed by atoms with E-state index in [0.717, 1.165) is 12.1 Å². The Morgan fingerprint density at radius 2 is 1.74 bits per heavy atom. The summed E-state index contributed by atoms with van der Waals surface area (Å²) in [4.78, 5) is 13.4. The van der Waals surface area contributed by atoms with Gasteiger partial charge in [-0.05, 0) is 5.56 Å². The van der Waals surface area contributed by atoms with Crippen molar-refractivity contribution in [3.63, 3.8) is 0 Å². The van der Waals surface area contributed by atoms with Gasteiger partial charge in [0.2, 0.25) is 0 Å². The first kappa shape index (κ1) is 21.5. The van der Waals surface area contributed by atoms with Crippen LogP contribution in [0.5, 0.6) is 0 Å². The van der Waals surface area contributed by atoms with Crippen LogP contribution < -0.4 is 5.32 Å². The van der Waals surface area contributed by atoms with E-state index in [2.05, 4.69) is 10.1 Å². The summed E-state index contributed by atoms with van der Waals surface area (Å²) in [6.07, 6.45) is -11.8. The molecule has 1 aromatic carbocycles. The number of halogens is 6. The summed E-state index contributed by atoms with van der Waals surface area (Å²) < 4.78 is 81.9. The first-order chi connectivity index (χ1) is 12.4. The molecule has 11 heteroatoms. The van der Waals surface area contributed by atoms with Gasteiger partial charge in [-0.15, -0.1) is 0 Å². The van der Waals surface area contributed by atoms with Crippen molar-refractivity contribution < 1.29 is 41.0 Å². The molecule has 0 spiro atoms. The van der Waals surface area contributed by atoms with Gasteiger partial charge in [-0.2, -0.15) is 26.3 Å². The Balaban J connectivity index is 2.16. The van der Waals surface area contributed by atoms with E-state index >= 15 is 0 Å². The first-order valence-electron chi connectivity index (χ1n) is 7.89. The summed E-state index contributed by atoms with van der Waals surface area (Å²) in [6.45, 7) is 1.50. The second-order valence-electron chi connectivity index (χ2n) is 6.17. The highest BCUT2D eigenvalue weighted by Gasteiger charge is 2.71. The molecular weight excluding hydrogens is 382 g/mol. The Kier molecular flexibility index (Phi) is 6.07. The number of benzene rings is 1. The second-order valence-corrected chi connectivity index (χ2v) is 6.17. The van der Waals surface area contributed by atoms with Gasteiger partial charge in [-0.3, -0.25) is 9.69 Å². The van der Waals surface area contributed by atoms with Crippen molar-refractivity contribution in [2.24, 2.45) is 0 Å². The normalized spacial score (nSPS) is 19.8. The molecule has 0 bridgehead atoms. The van der Waals surface area contributed by atoms with E-state index in [4.69, 9.17) is 0 Å². The lowest BCUT2D eigenvalue weighted by Gasteiger charge is -2.33. The van der Waals surface area contributed by atoms with Crippen LogP contribution in [0.1, 0.15) is 11.1 Å². The Bertz CT molecular complexity index is 646. The van der Waals surface area contributed by atoms with Crippen molar-refractivity contribution in [2.75, 3.05) is 26.7 Å². The van der Waals surface area contributed by atoms with Gasteiger partial charge in [0.25, 0.3) is 5.60 Å². The van der Waals surface area contributed by atoms with E-state index in [1.54, 1.807) is 0 Å². The third-order valence-corrected chi connectivity index (χ3v) is 4.34. The number of hydrogen-bond acceptors (Lipinski definition) is 5. The molecule has 1 fully saturated rings. The molecule has 0 radical (unpaired) electrons. The summed E-state index contributed by atoms with van der Waals surface area (Å²) in [7, 11) is 1.24. The molecule has 1 aliphatic rings. The molecular formula is C16H18F6N2O3. The predicted molar refractivity (Wildman–Crippen MR) is 81.5 cm³/mol. The van der Waals surface area contributed by atoms with E-state index in [0.29, 0.717) is 30.8 Å². The predicted octanol–water partition coefficient (Wildman–Crippen LogP) is 1.95. The summed E-state index contributed by atoms with van der Waals surface area (Å²) in [5, 5.41) is 12.3. The maximum absolute atomic E-state index is 12.9. The zero-order chi connectivity index (χ0) is 20.5. The number of carbonyl (C=O) groups is 1. The molecule has 2 N–H and O–H groups in total. The van der Waals surface area contributed by atoms with Crippen LogP contribution >= 0.6 is 0 Å². The monoisotopic (exact) mass is 400 g/mol. The molecule has 0 aliphatic carbocycles. The van der Waals surface area contributed by atoms with Crippen LogP contribution in [-0.4, -0.2) is 61.1 Å². The number of ether oxygens (including phenoxy) is 1. The fourth-order valence-corrected chi connectivity index (χ4v) is 2.85. The quantitative estimate of drug-likeness (QED) is 0.598. The second kappa shape index (κ2) is 7.64. The third kappa shape index (κ3) is 4.36. The zero-order valence-corrected chi connectivity index (χ0v) is 14.2. The van der Waals surface area contributed by atoms with Crippen LogP contribution in [0, 0.1) is 0 Å². The number of methoxy groups -OCH3 is 1. The standard InChI is InChI=1S/C16H18F6N2O3/c1-27-13(25)12-9-24(7-6-23-12)8-10-2-4-11(5-3-10)14(26,15(17,18)19)16(20,21)22/h2-5,12,23,26H,6-9H2,1H3. The van der Waals surface area contributed by atoms with Gasteiger partial charge >= 0.3 is 18.3 Å². The Morgan fingerprint density at radius 1 is 1.19 bits per heavy atom. The largest absolute Gasteiger partial charge is 0.468 e. The van der Waals surface area contributed by atoms with E-state index in [9.17, 15) is 36.2 Å². The van der Waals surface area contributed by atoms with Crippen LogP contribution in [0.25, 0.3) is 0 Å². The number of alkyl halides is 6. The minimum atomic E-state index is -5.92. The van der Waals surface area contributed by atoms with Gasteiger partial charge in [-0.1, -0.05) is 24.3 Å². The number of nitrogens with zero attached hydrogens (tertiary/aromatic N) is 1. The Morgan fingerprint density at radius 3 is 2.22 bits per heavy atom. The van der Waals surface area contributed by atoms with Crippen molar-refractivity contribution in [2.45, 2.75) is 30.5 Å². The molecule has 152 valence electrons. The number of aliphatic hydroxyl groups is 1. The lowest BCUT2D eigenvalue weighted by Crippen LogP contribution is -2.54. The molecule has 1 saturated heterocycles. The molecule has 27 heavy (non-hydrogen) atoms. The highest BCUT2D eigenvalue weighted by Crippen LogP contribution is 2.49. The minimum absolute atomic E-state index is 0.214. The van der Waals surface area contributed by atoms with Gasteiger partial charge in [-0.25, -0.2) is 0 Å². The summed E-state index contributed by atoms with van der Waals surface area (Å²) in [6, 6.07) is 2.83. The number of carbonyl (C=O) groups excluding carboxylic acids is 1. The summed E-state index contributed by atoms with van der Waals surface area (Å²) >= 11 is 0. The fraction of sp³-hybridized carbons (Fsp3) is 0.562. The lowest BCUT2D eigenvalue weighted by atomic mass is 9.91. The van der Waals surface area contributed by atoms with Crippen molar-refractivity contribution in [1.82, 2.24) is 10.2 Å². The number of piperazine rings is 1. The van der Waals surface area contributed by atoms with E-state index in [1.807, 2.05) is 4.90 Å². The van der Waals surface area contributed by atoms with Crippen molar-refractivity contribution in [3.05, 3.63) is 35.4 Å². The summed E-state index contributed by atoms with van der Waals surface area (Å²) in [5.41, 5.74) is -5.81. The molecule has 0 saturated carbocycles. The van der Waals surface area contributed by atoms with Crippen LogP contribution in [0.3, 0.4) is 0 Å². The average molecular weight is 400 g/mol. The number of esters is 1. The maximum atomic E-state index is 12.9. The minimum Gasteiger partial charge on any atom is -0.468 e. The zero-order valence-electron chi connectivity index (χ0n) is 14.2. The van der Waals surface area contributed by atoms with Gasteiger partial charge < -0.3 is 15.2 Å². The molecule has 2 rings (SSSR count). The first-order valence-corrected chi connectivity index (χ1v) is 7.89. The van der Waals surface area contributed by atoms with Crippen molar-refractivity contribution in [1.29, 1.82) is 0 Å². The van der Waals surface area contributed by atoms with Crippen LogP contribution in [0.4, 0.5) is 26.3 Å². The molecule has 5 nitrogen and oxygen atoms in total. The van der Waals surface area contributed by atoms with Gasteiger partial charge in [0, 0.05) is 31.7 Å². The lowest BCUT2D eigenvalue weighted by molar-refractivity contribution is -0.376. The topological polar surface area (TPSA) is 61.8 Å². The number of rotatable bonds is 4. The van der Waals surface area contributed by atoms with Gasteiger partial charge in [0.15, 0.2) is 0 Å². The SMILES string of the molecule is COC(=O)C1CN(Cc2ccc(C(O)(C(F)(F)F)C(F)(F)F)cc2)CCN1. The number of nitrogens with one attached hydrogen (secondary N) is 1. The van der Waals surface area contributed by atoms with Gasteiger partial charge in [0.1, 0.15) is 6.04 Å². The molecule has 1 heterocycles. The number of hydrogen-bond donors (Lipinski definition) is 2. The van der Waals surface area contributed by atoms with E-state index < -0.39 is 35.5 Å². The average Bonchev–Trinajstić information content (AvgIpc) is 2.59.